The molecule has 0 bridgehead atoms. The second kappa shape index (κ2) is 7.88. The van der Waals surface area contributed by atoms with Crippen molar-refractivity contribution < 1.29 is 13.9 Å². The van der Waals surface area contributed by atoms with E-state index in [0.29, 0.717) is 42.6 Å². The van der Waals surface area contributed by atoms with E-state index in [2.05, 4.69) is 20.8 Å². The van der Waals surface area contributed by atoms with Crippen molar-refractivity contribution in [1.29, 1.82) is 0 Å². The highest BCUT2D eigenvalue weighted by molar-refractivity contribution is 6.30. The van der Waals surface area contributed by atoms with Gasteiger partial charge >= 0.3 is 0 Å². The van der Waals surface area contributed by atoms with Gasteiger partial charge in [-0.15, -0.1) is 5.10 Å². The molecule has 3 aromatic rings. The van der Waals surface area contributed by atoms with E-state index in [-0.39, 0.29) is 11.6 Å². The molecule has 150 valence electrons. The van der Waals surface area contributed by atoms with Crippen molar-refractivity contribution in [2.45, 2.75) is 25.2 Å². The van der Waals surface area contributed by atoms with Crippen molar-refractivity contribution in [3.05, 3.63) is 64.7 Å². The largest absolute Gasteiger partial charge is 0.381 e. The predicted molar refractivity (Wildman–Crippen MR) is 106 cm³/mol. The topological polar surface area (TPSA) is 81.9 Å². The monoisotopic (exact) mass is 415 g/mol. The molecule has 1 N–H and O–H groups in total. The van der Waals surface area contributed by atoms with E-state index >= 15 is 0 Å². The SMILES string of the molecule is Cc1nnnn1-c1ccc(F)c(NC(=O)C2(c3ccc(Cl)cc3)CCOCC2)c1. The number of carbonyl (C=O) groups excluding carboxylic acids is 1. The lowest BCUT2D eigenvalue weighted by atomic mass is 9.73. The summed E-state index contributed by atoms with van der Waals surface area (Å²) in [6, 6.07) is 11.5. The van der Waals surface area contributed by atoms with Crippen LogP contribution in [0.4, 0.5) is 10.1 Å². The Morgan fingerprint density at radius 1 is 1.21 bits per heavy atom. The molecular formula is C20H19ClFN5O2. The summed E-state index contributed by atoms with van der Waals surface area (Å²) in [6.45, 7) is 2.63. The second-order valence-electron chi connectivity index (χ2n) is 6.96. The fourth-order valence-electron chi connectivity index (χ4n) is 3.59. The van der Waals surface area contributed by atoms with Gasteiger partial charge < -0.3 is 10.1 Å². The average molecular weight is 416 g/mol. The molecule has 2 heterocycles. The van der Waals surface area contributed by atoms with Gasteiger partial charge in [-0.3, -0.25) is 4.79 Å². The number of nitrogens with one attached hydrogen (secondary N) is 1. The zero-order chi connectivity index (χ0) is 20.4. The average Bonchev–Trinajstić information content (AvgIpc) is 3.16. The molecule has 0 radical (unpaired) electrons. The molecule has 9 heteroatoms. The summed E-state index contributed by atoms with van der Waals surface area (Å²) in [5.74, 6) is -0.269. The molecule has 0 spiro atoms. The van der Waals surface area contributed by atoms with Gasteiger partial charge in [-0.1, -0.05) is 23.7 Å². The van der Waals surface area contributed by atoms with Crippen LogP contribution in [0.3, 0.4) is 0 Å². The van der Waals surface area contributed by atoms with Crippen molar-refractivity contribution in [3.63, 3.8) is 0 Å². The molecule has 2 aromatic carbocycles. The highest BCUT2D eigenvalue weighted by Crippen LogP contribution is 2.37. The molecule has 1 amide bonds. The Kier molecular flexibility index (Phi) is 5.29. The second-order valence-corrected chi connectivity index (χ2v) is 7.39. The molecule has 4 rings (SSSR count). The normalized spacial score (nSPS) is 15.8. The summed E-state index contributed by atoms with van der Waals surface area (Å²) >= 11 is 6.01. The molecule has 1 aliphatic heterocycles. The van der Waals surface area contributed by atoms with Gasteiger partial charge in [0.05, 0.1) is 16.8 Å². The van der Waals surface area contributed by atoms with Crippen molar-refractivity contribution in [3.8, 4) is 5.69 Å². The third kappa shape index (κ3) is 3.73. The first-order valence-corrected chi connectivity index (χ1v) is 9.57. The van der Waals surface area contributed by atoms with E-state index < -0.39 is 11.2 Å². The number of rotatable bonds is 4. The van der Waals surface area contributed by atoms with Crippen molar-refractivity contribution in [2.75, 3.05) is 18.5 Å². The van der Waals surface area contributed by atoms with Crippen LogP contribution >= 0.6 is 11.6 Å². The summed E-state index contributed by atoms with van der Waals surface area (Å²) in [5, 5.41) is 14.7. The van der Waals surface area contributed by atoms with Crippen LogP contribution in [0, 0.1) is 12.7 Å². The minimum Gasteiger partial charge on any atom is -0.381 e. The van der Waals surface area contributed by atoms with Crippen LogP contribution in [0.25, 0.3) is 5.69 Å². The predicted octanol–water partition coefficient (Wildman–Crippen LogP) is 3.45. The van der Waals surface area contributed by atoms with E-state index in [0.717, 1.165) is 5.56 Å². The van der Waals surface area contributed by atoms with Gasteiger partial charge in [-0.2, -0.15) is 4.68 Å². The molecule has 0 unspecified atom stereocenters. The van der Waals surface area contributed by atoms with Crippen LogP contribution < -0.4 is 5.32 Å². The number of amides is 1. The third-order valence-corrected chi connectivity index (χ3v) is 5.50. The van der Waals surface area contributed by atoms with Crippen LogP contribution in [0.1, 0.15) is 24.2 Å². The maximum atomic E-state index is 14.5. The first-order valence-electron chi connectivity index (χ1n) is 9.20. The van der Waals surface area contributed by atoms with Gasteiger partial charge in [0.2, 0.25) is 5.91 Å². The van der Waals surface area contributed by atoms with Crippen molar-refractivity contribution in [2.24, 2.45) is 0 Å². The lowest BCUT2D eigenvalue weighted by Gasteiger charge is -2.36. The number of aryl methyl sites for hydroxylation is 1. The number of hydrogen-bond acceptors (Lipinski definition) is 5. The number of halogens is 2. The van der Waals surface area contributed by atoms with E-state index in [1.54, 1.807) is 25.1 Å². The first-order chi connectivity index (χ1) is 14.0. The quantitative estimate of drug-likeness (QED) is 0.705. The number of anilines is 1. The maximum Gasteiger partial charge on any atom is 0.235 e. The molecule has 7 nitrogen and oxygen atoms in total. The summed E-state index contributed by atoms with van der Waals surface area (Å²) in [6.07, 6.45) is 0.988. The van der Waals surface area contributed by atoms with Crippen LogP contribution in [0.5, 0.6) is 0 Å². The number of benzene rings is 2. The van der Waals surface area contributed by atoms with Crippen LogP contribution in [0.15, 0.2) is 42.5 Å². The summed E-state index contributed by atoms with van der Waals surface area (Å²) in [5.41, 5.74) is 0.630. The molecule has 0 atom stereocenters. The maximum absolute atomic E-state index is 14.5. The van der Waals surface area contributed by atoms with Crippen LogP contribution in [-0.4, -0.2) is 39.3 Å². The lowest BCUT2D eigenvalue weighted by Crippen LogP contribution is -2.45. The molecule has 1 aromatic heterocycles. The van der Waals surface area contributed by atoms with Gasteiger partial charge in [0, 0.05) is 18.2 Å². The number of nitrogens with zero attached hydrogens (tertiary/aromatic N) is 4. The van der Waals surface area contributed by atoms with E-state index in [1.807, 2.05) is 12.1 Å². The number of carbonyl (C=O) groups is 1. The smallest absolute Gasteiger partial charge is 0.235 e. The molecule has 1 aliphatic rings. The number of ether oxygens (including phenoxy) is 1. The molecule has 0 saturated carbocycles. The van der Waals surface area contributed by atoms with Crippen LogP contribution in [0.2, 0.25) is 5.02 Å². The van der Waals surface area contributed by atoms with Gasteiger partial charge in [-0.25, -0.2) is 4.39 Å². The fourth-order valence-corrected chi connectivity index (χ4v) is 3.71. The van der Waals surface area contributed by atoms with Crippen LogP contribution in [-0.2, 0) is 14.9 Å². The summed E-state index contributed by atoms with van der Waals surface area (Å²) in [4.78, 5) is 13.4. The van der Waals surface area contributed by atoms with Gasteiger partial charge in [0.15, 0.2) is 5.82 Å². The zero-order valence-electron chi connectivity index (χ0n) is 15.7. The Hall–Kier alpha value is -2.84. The Morgan fingerprint density at radius 3 is 2.59 bits per heavy atom. The molecule has 0 aliphatic carbocycles. The zero-order valence-corrected chi connectivity index (χ0v) is 16.5. The van der Waals surface area contributed by atoms with E-state index in [4.69, 9.17) is 16.3 Å². The third-order valence-electron chi connectivity index (χ3n) is 5.25. The summed E-state index contributed by atoms with van der Waals surface area (Å²) < 4.78 is 21.4. The summed E-state index contributed by atoms with van der Waals surface area (Å²) in [7, 11) is 0. The molecule has 1 fully saturated rings. The minimum atomic E-state index is -0.823. The minimum absolute atomic E-state index is 0.0715. The Morgan fingerprint density at radius 2 is 1.93 bits per heavy atom. The first kappa shape index (κ1) is 19.5. The van der Waals surface area contributed by atoms with Gasteiger partial charge in [0.1, 0.15) is 5.82 Å². The lowest BCUT2D eigenvalue weighted by molar-refractivity contribution is -0.125. The molecule has 29 heavy (non-hydrogen) atoms. The van der Waals surface area contributed by atoms with Crippen molar-refractivity contribution >= 4 is 23.2 Å². The number of hydrogen-bond donors (Lipinski definition) is 1. The number of tetrazole rings is 1. The highest BCUT2D eigenvalue weighted by Gasteiger charge is 2.42. The molecular weight excluding hydrogens is 397 g/mol. The highest BCUT2D eigenvalue weighted by atomic mass is 35.5. The van der Waals surface area contributed by atoms with Gasteiger partial charge in [-0.05, 0) is 66.1 Å². The number of aromatic nitrogens is 4. The Labute approximate surface area is 171 Å². The van der Waals surface area contributed by atoms with E-state index in [9.17, 15) is 9.18 Å². The Balaban J connectivity index is 1.68. The Bertz CT molecular complexity index is 1030. The van der Waals surface area contributed by atoms with Gasteiger partial charge in [0.25, 0.3) is 0 Å². The fraction of sp³-hybridized carbons (Fsp3) is 0.300. The van der Waals surface area contributed by atoms with E-state index in [1.165, 1.54) is 16.8 Å². The van der Waals surface area contributed by atoms with Crippen molar-refractivity contribution in [1.82, 2.24) is 20.2 Å². The standard InChI is InChI=1S/C20H19ClFN5O2/c1-13-24-25-26-27(13)16-6-7-17(22)18(12-16)23-19(28)20(8-10-29-11-9-20)14-2-4-15(21)5-3-14/h2-7,12H,8-11H2,1H3,(H,23,28). The molecule has 1 saturated heterocycles.